The van der Waals surface area contributed by atoms with E-state index in [1.807, 2.05) is 11.8 Å². The molecule has 0 aliphatic rings. The van der Waals surface area contributed by atoms with Crippen LogP contribution in [0.3, 0.4) is 0 Å². The maximum atomic E-state index is 3.50. The van der Waals surface area contributed by atoms with Gasteiger partial charge in [0.2, 0.25) is 0 Å². The summed E-state index contributed by atoms with van der Waals surface area (Å²) in [5, 5.41) is 3.50. The second-order valence-corrected chi connectivity index (χ2v) is 4.84. The van der Waals surface area contributed by atoms with Gasteiger partial charge in [-0.25, -0.2) is 0 Å². The predicted octanol–water partition coefficient (Wildman–Crippen LogP) is 2.37. The summed E-state index contributed by atoms with van der Waals surface area (Å²) >= 11 is 1.91. The maximum absolute atomic E-state index is 3.50. The van der Waals surface area contributed by atoms with Crippen LogP contribution in [0, 0.1) is 5.41 Å². The summed E-state index contributed by atoms with van der Waals surface area (Å²) in [6.45, 7) is 10.1. The van der Waals surface area contributed by atoms with Crippen LogP contribution < -0.4 is 5.32 Å². The fraction of sp³-hybridized carbons (Fsp3) is 1.00. The van der Waals surface area contributed by atoms with Gasteiger partial charge in [0.25, 0.3) is 0 Å². The van der Waals surface area contributed by atoms with Crippen molar-refractivity contribution in [3.8, 4) is 0 Å². The largest absolute Gasteiger partial charge is 0.313 e. The van der Waals surface area contributed by atoms with Crippen molar-refractivity contribution in [3.63, 3.8) is 0 Å². The predicted molar refractivity (Wildman–Crippen MR) is 55.3 cm³/mol. The zero-order valence-corrected chi connectivity index (χ0v) is 9.22. The smallest absolute Gasteiger partial charge is 0.0206 e. The highest BCUT2D eigenvalue weighted by atomic mass is 32.2. The Morgan fingerprint density at radius 3 is 2.18 bits per heavy atom. The minimum atomic E-state index is 0.388. The van der Waals surface area contributed by atoms with Crippen molar-refractivity contribution in [1.29, 1.82) is 0 Å². The van der Waals surface area contributed by atoms with Crippen LogP contribution in [0.25, 0.3) is 0 Å². The summed E-state index contributed by atoms with van der Waals surface area (Å²) < 4.78 is 0. The molecule has 1 unspecified atom stereocenters. The molecule has 0 rings (SSSR count). The van der Waals surface area contributed by atoms with Crippen molar-refractivity contribution in [3.05, 3.63) is 0 Å². The molecule has 1 N–H and O–H groups in total. The maximum Gasteiger partial charge on any atom is 0.0206 e. The van der Waals surface area contributed by atoms with Gasteiger partial charge in [-0.15, -0.1) is 0 Å². The van der Waals surface area contributed by atoms with E-state index in [1.165, 1.54) is 5.75 Å². The van der Waals surface area contributed by atoms with E-state index in [-0.39, 0.29) is 0 Å². The van der Waals surface area contributed by atoms with E-state index in [1.54, 1.807) is 0 Å². The molecule has 1 atom stereocenters. The second-order valence-electron chi connectivity index (χ2n) is 3.93. The standard InChI is InChI=1S/C9H21NS/c1-6-10-8(7-11-5)9(2,3)4/h8,10H,6-7H2,1-5H3. The van der Waals surface area contributed by atoms with Crippen molar-refractivity contribution in [1.82, 2.24) is 5.32 Å². The SMILES string of the molecule is CCNC(CSC)C(C)(C)C. The Morgan fingerprint density at radius 1 is 1.36 bits per heavy atom. The quantitative estimate of drug-likeness (QED) is 0.704. The minimum absolute atomic E-state index is 0.388. The van der Waals surface area contributed by atoms with Crippen LogP contribution in [0.2, 0.25) is 0 Å². The van der Waals surface area contributed by atoms with Crippen LogP contribution in [0.1, 0.15) is 27.7 Å². The number of rotatable bonds is 4. The van der Waals surface area contributed by atoms with Crippen molar-refractivity contribution >= 4 is 11.8 Å². The molecule has 0 radical (unpaired) electrons. The van der Waals surface area contributed by atoms with Crippen molar-refractivity contribution in [2.45, 2.75) is 33.7 Å². The first kappa shape index (κ1) is 11.3. The van der Waals surface area contributed by atoms with Crippen molar-refractivity contribution in [2.75, 3.05) is 18.6 Å². The Bertz CT molecular complexity index is 90.2. The average Bonchev–Trinajstić information content (AvgIpc) is 1.85. The topological polar surface area (TPSA) is 12.0 Å². The van der Waals surface area contributed by atoms with Crippen LogP contribution in [0.4, 0.5) is 0 Å². The Labute approximate surface area is 75.3 Å². The van der Waals surface area contributed by atoms with Crippen LogP contribution in [-0.2, 0) is 0 Å². The molecule has 0 fully saturated rings. The summed E-state index contributed by atoms with van der Waals surface area (Å²) in [5.74, 6) is 1.21. The van der Waals surface area contributed by atoms with E-state index >= 15 is 0 Å². The average molecular weight is 175 g/mol. The number of thioether (sulfide) groups is 1. The van der Waals surface area contributed by atoms with E-state index in [0.717, 1.165) is 6.54 Å². The Hall–Kier alpha value is 0.310. The molecule has 0 aromatic rings. The first-order valence-corrected chi connectivity index (χ1v) is 5.64. The lowest BCUT2D eigenvalue weighted by molar-refractivity contribution is 0.295. The van der Waals surface area contributed by atoms with Crippen LogP contribution >= 0.6 is 11.8 Å². The minimum Gasteiger partial charge on any atom is -0.313 e. The zero-order valence-electron chi connectivity index (χ0n) is 8.40. The Balaban J connectivity index is 3.88. The third-order valence-electron chi connectivity index (χ3n) is 1.83. The molecule has 0 aromatic carbocycles. The highest BCUT2D eigenvalue weighted by molar-refractivity contribution is 7.98. The highest BCUT2D eigenvalue weighted by Crippen LogP contribution is 2.21. The molecule has 0 aliphatic heterocycles. The van der Waals surface area contributed by atoms with E-state index in [0.29, 0.717) is 11.5 Å². The van der Waals surface area contributed by atoms with E-state index in [4.69, 9.17) is 0 Å². The molecule has 0 heterocycles. The van der Waals surface area contributed by atoms with Gasteiger partial charge in [0.05, 0.1) is 0 Å². The molecular weight excluding hydrogens is 154 g/mol. The first-order chi connectivity index (χ1) is 5.02. The van der Waals surface area contributed by atoms with Gasteiger partial charge < -0.3 is 5.32 Å². The fourth-order valence-corrected chi connectivity index (χ4v) is 1.98. The summed E-state index contributed by atoms with van der Waals surface area (Å²) in [6.07, 6.45) is 2.16. The third kappa shape index (κ3) is 4.70. The summed E-state index contributed by atoms with van der Waals surface area (Å²) in [6, 6.07) is 0.641. The lowest BCUT2D eigenvalue weighted by atomic mass is 9.88. The van der Waals surface area contributed by atoms with Crippen LogP contribution in [-0.4, -0.2) is 24.6 Å². The summed E-state index contributed by atoms with van der Waals surface area (Å²) in [5.41, 5.74) is 0.388. The summed E-state index contributed by atoms with van der Waals surface area (Å²) in [4.78, 5) is 0. The Morgan fingerprint density at radius 2 is 1.91 bits per heavy atom. The lowest BCUT2D eigenvalue weighted by Crippen LogP contribution is -2.42. The first-order valence-electron chi connectivity index (χ1n) is 4.24. The van der Waals surface area contributed by atoms with Crippen LogP contribution in [0.15, 0.2) is 0 Å². The molecule has 0 bridgehead atoms. The molecule has 0 spiro atoms. The van der Waals surface area contributed by atoms with E-state index in [2.05, 4.69) is 39.3 Å². The molecule has 1 nitrogen and oxygen atoms in total. The molecule has 0 aliphatic carbocycles. The van der Waals surface area contributed by atoms with Crippen LogP contribution in [0.5, 0.6) is 0 Å². The van der Waals surface area contributed by atoms with Crippen molar-refractivity contribution < 1.29 is 0 Å². The van der Waals surface area contributed by atoms with Gasteiger partial charge >= 0.3 is 0 Å². The molecular formula is C9H21NS. The van der Waals surface area contributed by atoms with Gasteiger partial charge in [0, 0.05) is 11.8 Å². The second kappa shape index (κ2) is 5.04. The van der Waals surface area contributed by atoms with E-state index in [9.17, 15) is 0 Å². The lowest BCUT2D eigenvalue weighted by Gasteiger charge is -2.30. The molecule has 0 saturated heterocycles. The van der Waals surface area contributed by atoms with Gasteiger partial charge in [-0.05, 0) is 18.2 Å². The molecule has 68 valence electrons. The van der Waals surface area contributed by atoms with E-state index < -0.39 is 0 Å². The van der Waals surface area contributed by atoms with Gasteiger partial charge in [-0.2, -0.15) is 11.8 Å². The fourth-order valence-electron chi connectivity index (χ4n) is 1.03. The Kier molecular flexibility index (Phi) is 5.19. The monoisotopic (exact) mass is 175 g/mol. The molecule has 0 amide bonds. The molecule has 11 heavy (non-hydrogen) atoms. The normalized spacial score (nSPS) is 15.0. The number of hydrogen-bond acceptors (Lipinski definition) is 2. The molecule has 2 heteroatoms. The zero-order chi connectivity index (χ0) is 8.91. The van der Waals surface area contributed by atoms with Gasteiger partial charge in [-0.3, -0.25) is 0 Å². The van der Waals surface area contributed by atoms with Gasteiger partial charge in [-0.1, -0.05) is 27.7 Å². The third-order valence-corrected chi connectivity index (χ3v) is 2.50. The number of nitrogens with one attached hydrogen (secondary N) is 1. The summed E-state index contributed by atoms with van der Waals surface area (Å²) in [7, 11) is 0. The number of hydrogen-bond donors (Lipinski definition) is 1. The highest BCUT2D eigenvalue weighted by Gasteiger charge is 2.22. The molecule has 0 aromatic heterocycles. The molecule has 0 saturated carbocycles. The van der Waals surface area contributed by atoms with Crippen molar-refractivity contribution in [2.24, 2.45) is 5.41 Å². The van der Waals surface area contributed by atoms with Gasteiger partial charge in [0.15, 0.2) is 0 Å². The van der Waals surface area contributed by atoms with Gasteiger partial charge in [0.1, 0.15) is 0 Å².